The first-order valence-electron chi connectivity index (χ1n) is 7.56. The average molecular weight is 327 g/mol. The van der Waals surface area contributed by atoms with Crippen LogP contribution in [0.3, 0.4) is 0 Å². The van der Waals surface area contributed by atoms with Crippen LogP contribution in [0, 0.1) is 23.7 Å². The summed E-state index contributed by atoms with van der Waals surface area (Å²) in [5.74, 6) is -4.17. The molecule has 1 aromatic rings. The number of aromatic carboxylic acids is 2. The highest BCUT2D eigenvalue weighted by atomic mass is 16.4. The first-order chi connectivity index (χ1) is 11.4. The van der Waals surface area contributed by atoms with Gasteiger partial charge in [0.1, 0.15) is 0 Å². The molecule has 2 N–H and O–H groups in total. The molecule has 1 aromatic carbocycles. The van der Waals surface area contributed by atoms with Crippen molar-refractivity contribution in [1.29, 1.82) is 0 Å². The molecule has 2 amide bonds. The zero-order valence-corrected chi connectivity index (χ0v) is 12.4. The number of benzene rings is 1. The Kier molecular flexibility index (Phi) is 2.90. The molecule has 0 radical (unpaired) electrons. The number of rotatable bonds is 3. The Hall–Kier alpha value is -2.96. The summed E-state index contributed by atoms with van der Waals surface area (Å²) in [6.07, 6.45) is 4.70. The van der Waals surface area contributed by atoms with Crippen molar-refractivity contribution in [2.45, 2.75) is 6.42 Å². The Balaban J connectivity index is 1.79. The lowest BCUT2D eigenvalue weighted by atomic mass is 9.85. The molecule has 4 atom stereocenters. The van der Waals surface area contributed by atoms with E-state index in [2.05, 4.69) is 0 Å². The van der Waals surface area contributed by atoms with Crippen molar-refractivity contribution in [1.82, 2.24) is 0 Å². The number of allylic oxidation sites excluding steroid dienone is 2. The molecule has 24 heavy (non-hydrogen) atoms. The number of carboxylic acids is 2. The van der Waals surface area contributed by atoms with Gasteiger partial charge in [0.2, 0.25) is 11.8 Å². The van der Waals surface area contributed by atoms with Crippen molar-refractivity contribution in [2.24, 2.45) is 23.7 Å². The first-order valence-corrected chi connectivity index (χ1v) is 7.56. The summed E-state index contributed by atoms with van der Waals surface area (Å²) < 4.78 is 0. The quantitative estimate of drug-likeness (QED) is 0.641. The molecule has 122 valence electrons. The summed E-state index contributed by atoms with van der Waals surface area (Å²) in [7, 11) is 0. The third-order valence-electron chi connectivity index (χ3n) is 5.14. The van der Waals surface area contributed by atoms with E-state index >= 15 is 0 Å². The molecule has 0 spiro atoms. The van der Waals surface area contributed by atoms with Crippen LogP contribution < -0.4 is 4.90 Å². The number of carboxylic acid groups (broad SMARTS) is 2. The fraction of sp³-hybridized carbons (Fsp3) is 0.294. The fourth-order valence-electron chi connectivity index (χ4n) is 4.14. The standard InChI is InChI=1S/C17H13NO6/c19-14-12-7-1-2-8(3-7)13(12)15(20)18(14)11-5-9(16(21)22)4-10(6-11)17(23)24/h1-2,4-8,12-13H,3H2,(H,21,22)(H,23,24)/t7-,8-,12-,13-/m0/s1. The van der Waals surface area contributed by atoms with Gasteiger partial charge in [-0.05, 0) is 36.5 Å². The zero-order chi connectivity index (χ0) is 17.2. The van der Waals surface area contributed by atoms with E-state index < -0.39 is 23.8 Å². The zero-order valence-electron chi connectivity index (χ0n) is 12.4. The molecular weight excluding hydrogens is 314 g/mol. The van der Waals surface area contributed by atoms with Gasteiger partial charge in [0.05, 0.1) is 28.7 Å². The Morgan fingerprint density at radius 1 is 0.875 bits per heavy atom. The monoisotopic (exact) mass is 327 g/mol. The number of hydrogen-bond donors (Lipinski definition) is 2. The molecule has 1 saturated carbocycles. The SMILES string of the molecule is O=C(O)c1cc(C(=O)O)cc(N2C(=O)[C@@H]3[C@@H](C2=O)[C@H]2C=C[C@H]3C2)c1. The predicted octanol–water partition coefficient (Wildman–Crippen LogP) is 1.39. The van der Waals surface area contributed by atoms with E-state index in [1.165, 1.54) is 12.1 Å². The minimum absolute atomic E-state index is 0.0103. The van der Waals surface area contributed by atoms with Gasteiger partial charge < -0.3 is 10.2 Å². The van der Waals surface area contributed by atoms with Crippen LogP contribution in [0.4, 0.5) is 5.69 Å². The number of hydrogen-bond acceptors (Lipinski definition) is 4. The second-order valence-electron chi connectivity index (χ2n) is 6.39. The van der Waals surface area contributed by atoms with E-state index in [4.69, 9.17) is 10.2 Å². The molecule has 7 heteroatoms. The summed E-state index contributed by atoms with van der Waals surface area (Å²) in [4.78, 5) is 48.9. The van der Waals surface area contributed by atoms with Crippen LogP contribution in [-0.2, 0) is 9.59 Å². The van der Waals surface area contributed by atoms with E-state index in [9.17, 15) is 19.2 Å². The summed E-state index contributed by atoms with van der Waals surface area (Å²) in [6, 6.07) is 3.34. The summed E-state index contributed by atoms with van der Waals surface area (Å²) in [5, 5.41) is 18.3. The van der Waals surface area contributed by atoms with E-state index in [0.717, 1.165) is 17.4 Å². The number of carbonyl (C=O) groups excluding carboxylic acids is 2. The number of anilines is 1. The van der Waals surface area contributed by atoms with Crippen molar-refractivity contribution >= 4 is 29.4 Å². The van der Waals surface area contributed by atoms with Gasteiger partial charge in [-0.15, -0.1) is 0 Å². The van der Waals surface area contributed by atoms with Gasteiger partial charge >= 0.3 is 11.9 Å². The third-order valence-corrected chi connectivity index (χ3v) is 5.14. The van der Waals surface area contributed by atoms with E-state index in [-0.39, 0.29) is 40.5 Å². The maximum Gasteiger partial charge on any atom is 0.335 e. The highest BCUT2D eigenvalue weighted by Crippen LogP contribution is 2.53. The number of carbonyl (C=O) groups is 4. The Labute approximate surface area is 136 Å². The van der Waals surface area contributed by atoms with Gasteiger partial charge in [0.15, 0.2) is 0 Å². The molecule has 3 aliphatic rings. The highest BCUT2D eigenvalue weighted by Gasteiger charge is 2.59. The molecule has 0 aromatic heterocycles. The van der Waals surface area contributed by atoms with Gasteiger partial charge in [-0.1, -0.05) is 12.2 Å². The third kappa shape index (κ3) is 1.84. The van der Waals surface area contributed by atoms with E-state index in [0.29, 0.717) is 0 Å². The molecule has 4 rings (SSSR count). The lowest BCUT2D eigenvalue weighted by Crippen LogP contribution is -2.33. The van der Waals surface area contributed by atoms with Gasteiger partial charge in [-0.2, -0.15) is 0 Å². The van der Waals surface area contributed by atoms with Crippen LogP contribution in [0.15, 0.2) is 30.4 Å². The second-order valence-corrected chi connectivity index (χ2v) is 6.39. The van der Waals surface area contributed by atoms with Gasteiger partial charge in [-0.3, -0.25) is 9.59 Å². The number of fused-ring (bicyclic) bond motifs is 5. The molecule has 0 unspecified atom stereocenters. The van der Waals surface area contributed by atoms with Crippen LogP contribution in [0.5, 0.6) is 0 Å². The molecule has 7 nitrogen and oxygen atoms in total. The van der Waals surface area contributed by atoms with Crippen LogP contribution >= 0.6 is 0 Å². The average Bonchev–Trinajstić information content (AvgIpc) is 3.21. The normalized spacial score (nSPS) is 30.1. The second kappa shape index (κ2) is 4.77. The van der Waals surface area contributed by atoms with Gasteiger partial charge in [0.25, 0.3) is 0 Å². The van der Waals surface area contributed by atoms with Crippen molar-refractivity contribution in [3.05, 3.63) is 41.5 Å². The molecule has 2 bridgehead atoms. The van der Waals surface area contributed by atoms with Crippen LogP contribution in [-0.4, -0.2) is 34.0 Å². The number of amides is 2. The first kappa shape index (κ1) is 14.6. The minimum Gasteiger partial charge on any atom is -0.478 e. The van der Waals surface area contributed by atoms with Crippen LogP contribution in [0.1, 0.15) is 27.1 Å². The Bertz CT molecular complexity index is 779. The molecular formula is C17H13NO6. The van der Waals surface area contributed by atoms with Crippen LogP contribution in [0.25, 0.3) is 0 Å². The largest absolute Gasteiger partial charge is 0.478 e. The fourth-order valence-corrected chi connectivity index (χ4v) is 4.14. The lowest BCUT2D eigenvalue weighted by molar-refractivity contribution is -0.123. The maximum absolute atomic E-state index is 12.7. The molecule has 1 saturated heterocycles. The van der Waals surface area contributed by atoms with Crippen molar-refractivity contribution < 1.29 is 29.4 Å². The van der Waals surface area contributed by atoms with Gasteiger partial charge in [-0.25, -0.2) is 14.5 Å². The predicted molar refractivity (Wildman–Crippen MR) is 80.6 cm³/mol. The summed E-state index contributed by atoms with van der Waals surface area (Å²) in [6.45, 7) is 0. The molecule has 2 aliphatic carbocycles. The summed E-state index contributed by atoms with van der Waals surface area (Å²) >= 11 is 0. The molecule has 2 fully saturated rings. The van der Waals surface area contributed by atoms with Crippen molar-refractivity contribution in [3.63, 3.8) is 0 Å². The Morgan fingerprint density at radius 3 is 1.75 bits per heavy atom. The smallest absolute Gasteiger partial charge is 0.335 e. The highest BCUT2D eigenvalue weighted by molar-refractivity contribution is 6.23. The van der Waals surface area contributed by atoms with Gasteiger partial charge in [0, 0.05) is 0 Å². The topological polar surface area (TPSA) is 112 Å². The van der Waals surface area contributed by atoms with Crippen molar-refractivity contribution in [2.75, 3.05) is 4.90 Å². The molecule has 1 heterocycles. The number of nitrogens with zero attached hydrogens (tertiary/aromatic N) is 1. The van der Waals surface area contributed by atoms with E-state index in [1.807, 2.05) is 12.2 Å². The Morgan fingerprint density at radius 2 is 1.33 bits per heavy atom. The molecule has 1 aliphatic heterocycles. The lowest BCUT2D eigenvalue weighted by Gasteiger charge is -2.18. The van der Waals surface area contributed by atoms with Crippen LogP contribution in [0.2, 0.25) is 0 Å². The van der Waals surface area contributed by atoms with E-state index in [1.54, 1.807) is 0 Å². The maximum atomic E-state index is 12.7. The minimum atomic E-state index is -1.32. The van der Waals surface area contributed by atoms with Crippen molar-refractivity contribution in [3.8, 4) is 0 Å². The summed E-state index contributed by atoms with van der Waals surface area (Å²) in [5.41, 5.74) is -0.539. The number of imide groups is 1.